The van der Waals surface area contributed by atoms with Crippen LogP contribution in [0.4, 0.5) is 5.69 Å². The molecule has 0 saturated carbocycles. The highest BCUT2D eigenvalue weighted by atomic mass is 35.5. The topological polar surface area (TPSA) is 84.0 Å². The van der Waals surface area contributed by atoms with Crippen molar-refractivity contribution in [3.05, 3.63) is 51.8 Å². The fourth-order valence-corrected chi connectivity index (χ4v) is 5.02. The average molecular weight is 501 g/mol. The number of nitrogens with one attached hydrogen (secondary N) is 1. The van der Waals surface area contributed by atoms with Crippen molar-refractivity contribution in [1.82, 2.24) is 14.8 Å². The van der Waals surface area contributed by atoms with E-state index in [-0.39, 0.29) is 23.8 Å². The van der Waals surface area contributed by atoms with Crippen LogP contribution >= 0.6 is 11.6 Å². The Balaban J connectivity index is 1.43. The summed E-state index contributed by atoms with van der Waals surface area (Å²) in [6.07, 6.45) is 2.35. The lowest BCUT2D eigenvalue weighted by Crippen LogP contribution is -2.55. The van der Waals surface area contributed by atoms with Crippen molar-refractivity contribution in [1.29, 1.82) is 0 Å². The summed E-state index contributed by atoms with van der Waals surface area (Å²) >= 11 is 6.44. The normalized spacial score (nSPS) is 20.7. The minimum absolute atomic E-state index is 0.00552. The Hall–Kier alpha value is -2.68. The van der Waals surface area contributed by atoms with Crippen molar-refractivity contribution >= 4 is 29.1 Å². The number of hydrogen-bond donors (Lipinski definition) is 1. The second kappa shape index (κ2) is 10.9. The zero-order valence-corrected chi connectivity index (χ0v) is 21.5. The molecule has 1 N–H and O–H groups in total. The number of methoxy groups -OCH3 is 1. The first-order chi connectivity index (χ1) is 16.8. The van der Waals surface area contributed by atoms with Crippen LogP contribution in [-0.2, 0) is 16.1 Å². The van der Waals surface area contributed by atoms with Gasteiger partial charge in [-0.15, -0.1) is 0 Å². The number of carbonyl (C=O) groups excluding carboxylic acids is 2. The fraction of sp³-hybridized carbons (Fsp3) is 0.500. The van der Waals surface area contributed by atoms with Crippen LogP contribution in [0.5, 0.6) is 5.75 Å². The Kier molecular flexibility index (Phi) is 7.94. The third kappa shape index (κ3) is 5.77. The number of ether oxygens (including phenoxy) is 2. The van der Waals surface area contributed by atoms with Gasteiger partial charge < -0.3 is 19.7 Å². The number of benzene rings is 1. The molecule has 9 heteroatoms. The molecule has 0 spiro atoms. The monoisotopic (exact) mass is 500 g/mol. The molecule has 1 aromatic carbocycles. The van der Waals surface area contributed by atoms with Crippen LogP contribution in [0, 0.1) is 19.8 Å². The van der Waals surface area contributed by atoms with E-state index in [1.807, 2.05) is 24.8 Å². The number of halogens is 1. The smallest absolute Gasteiger partial charge is 0.257 e. The lowest BCUT2D eigenvalue weighted by atomic mass is 10.0. The zero-order valence-electron chi connectivity index (χ0n) is 20.8. The first-order valence-corrected chi connectivity index (χ1v) is 12.4. The van der Waals surface area contributed by atoms with E-state index >= 15 is 0 Å². The molecule has 2 aliphatic rings. The molecule has 35 heavy (non-hydrogen) atoms. The van der Waals surface area contributed by atoms with Crippen LogP contribution < -0.4 is 10.1 Å². The van der Waals surface area contributed by atoms with Crippen LogP contribution in [0.25, 0.3) is 0 Å². The number of hydrogen-bond acceptors (Lipinski definition) is 6. The van der Waals surface area contributed by atoms with Gasteiger partial charge in [-0.3, -0.25) is 19.5 Å². The molecule has 2 aliphatic heterocycles. The summed E-state index contributed by atoms with van der Waals surface area (Å²) in [5.74, 6) is 0.493. The van der Waals surface area contributed by atoms with E-state index < -0.39 is 0 Å². The highest BCUT2D eigenvalue weighted by Gasteiger charge is 2.33. The Labute approximate surface area is 211 Å². The number of amides is 2. The van der Waals surface area contributed by atoms with E-state index in [2.05, 4.69) is 22.1 Å². The molecule has 1 aromatic heterocycles. The van der Waals surface area contributed by atoms with E-state index in [1.54, 1.807) is 19.2 Å². The second-order valence-electron chi connectivity index (χ2n) is 9.38. The molecule has 0 unspecified atom stereocenters. The Morgan fingerprint density at radius 2 is 2.06 bits per heavy atom. The van der Waals surface area contributed by atoms with Crippen molar-refractivity contribution in [2.24, 2.45) is 5.92 Å². The maximum absolute atomic E-state index is 12.9. The summed E-state index contributed by atoms with van der Waals surface area (Å²) < 4.78 is 10.7. The van der Waals surface area contributed by atoms with Gasteiger partial charge in [-0.2, -0.15) is 0 Å². The number of pyridine rings is 1. The van der Waals surface area contributed by atoms with Crippen molar-refractivity contribution in [3.8, 4) is 5.75 Å². The first-order valence-electron chi connectivity index (χ1n) is 12.0. The van der Waals surface area contributed by atoms with Gasteiger partial charge in [0.25, 0.3) is 5.91 Å². The quantitative estimate of drug-likeness (QED) is 0.651. The molecule has 2 atom stereocenters. The van der Waals surface area contributed by atoms with Crippen molar-refractivity contribution in [2.75, 3.05) is 45.3 Å². The molecule has 0 radical (unpaired) electrons. The summed E-state index contributed by atoms with van der Waals surface area (Å²) in [6.45, 7) is 10.1. The zero-order chi connectivity index (χ0) is 25.1. The summed E-state index contributed by atoms with van der Waals surface area (Å²) in [5.41, 5.74) is 3.81. The van der Waals surface area contributed by atoms with Gasteiger partial charge in [0.15, 0.2) is 0 Å². The van der Waals surface area contributed by atoms with Gasteiger partial charge in [0, 0.05) is 55.7 Å². The van der Waals surface area contributed by atoms with E-state index in [9.17, 15) is 9.59 Å². The molecule has 2 saturated heterocycles. The number of nitrogens with zero attached hydrogens (tertiary/aromatic N) is 3. The van der Waals surface area contributed by atoms with Gasteiger partial charge >= 0.3 is 0 Å². The van der Waals surface area contributed by atoms with Crippen LogP contribution in [0.15, 0.2) is 24.4 Å². The number of aryl methyl sites for hydroxylation is 1. The molecule has 8 nitrogen and oxygen atoms in total. The number of anilines is 1. The van der Waals surface area contributed by atoms with Gasteiger partial charge in [0.1, 0.15) is 5.75 Å². The van der Waals surface area contributed by atoms with Crippen molar-refractivity contribution < 1.29 is 19.1 Å². The maximum atomic E-state index is 12.9. The fourth-order valence-electron chi connectivity index (χ4n) is 4.78. The van der Waals surface area contributed by atoms with Crippen LogP contribution in [0.3, 0.4) is 0 Å². The predicted molar refractivity (Wildman–Crippen MR) is 135 cm³/mol. The Morgan fingerprint density at radius 3 is 2.74 bits per heavy atom. The third-order valence-electron chi connectivity index (χ3n) is 6.92. The molecule has 0 bridgehead atoms. The highest BCUT2D eigenvalue weighted by Crippen LogP contribution is 2.28. The van der Waals surface area contributed by atoms with E-state index in [4.69, 9.17) is 21.1 Å². The molecule has 2 fully saturated rings. The van der Waals surface area contributed by atoms with Crippen LogP contribution in [0.1, 0.15) is 40.5 Å². The number of carbonyl (C=O) groups is 2. The third-order valence-corrected chi connectivity index (χ3v) is 7.14. The highest BCUT2D eigenvalue weighted by molar-refractivity contribution is 6.31. The summed E-state index contributed by atoms with van der Waals surface area (Å²) in [4.78, 5) is 34.3. The summed E-state index contributed by atoms with van der Waals surface area (Å²) in [6, 6.07) is 5.51. The van der Waals surface area contributed by atoms with E-state index in [1.165, 1.54) is 6.20 Å². The molecule has 2 aromatic rings. The number of piperazine rings is 1. The molecule has 188 valence electrons. The molecule has 2 amide bonds. The maximum Gasteiger partial charge on any atom is 0.257 e. The Morgan fingerprint density at radius 1 is 1.26 bits per heavy atom. The lowest BCUT2D eigenvalue weighted by molar-refractivity contribution is -0.140. The van der Waals surface area contributed by atoms with Crippen LogP contribution in [0.2, 0.25) is 5.02 Å². The first kappa shape index (κ1) is 25.4. The van der Waals surface area contributed by atoms with E-state index in [0.29, 0.717) is 48.3 Å². The Bertz CT molecular complexity index is 1100. The summed E-state index contributed by atoms with van der Waals surface area (Å²) in [5, 5.41) is 3.53. The molecule has 4 rings (SSSR count). The van der Waals surface area contributed by atoms with Crippen molar-refractivity contribution in [2.45, 2.75) is 39.8 Å². The van der Waals surface area contributed by atoms with Gasteiger partial charge in [0.2, 0.25) is 5.91 Å². The van der Waals surface area contributed by atoms with Gasteiger partial charge in [-0.25, -0.2) is 0 Å². The number of rotatable bonds is 6. The number of aromatic nitrogens is 1. The largest absolute Gasteiger partial charge is 0.495 e. The molecule has 3 heterocycles. The van der Waals surface area contributed by atoms with Gasteiger partial charge in [-0.05, 0) is 56.5 Å². The minimum atomic E-state index is -0.274. The van der Waals surface area contributed by atoms with E-state index in [0.717, 1.165) is 36.3 Å². The SMILES string of the molecule is COc1cc(C(=O)Nc2cc(Cl)cc(CN3CCN(C(=O)[C@H]4CCOC4)[C@@H](C)C3)c2C)cnc1C. The second-order valence-corrected chi connectivity index (χ2v) is 9.82. The molecule has 0 aliphatic carbocycles. The van der Waals surface area contributed by atoms with Crippen LogP contribution in [-0.4, -0.2) is 72.6 Å². The van der Waals surface area contributed by atoms with Gasteiger partial charge in [0.05, 0.1) is 30.9 Å². The minimum Gasteiger partial charge on any atom is -0.495 e. The van der Waals surface area contributed by atoms with Crippen molar-refractivity contribution in [3.63, 3.8) is 0 Å². The standard InChI is InChI=1S/C26H33ClN4O4/c1-16-13-30(6-7-31(16)26(33)19-5-8-35-15-19)14-21-9-22(27)11-23(17(21)2)29-25(32)20-10-24(34-4)18(3)28-12-20/h9-12,16,19H,5-8,13-15H2,1-4H3,(H,29,32)/t16-,19-/m0/s1. The van der Waals surface area contributed by atoms with Gasteiger partial charge in [-0.1, -0.05) is 11.6 Å². The molecular weight excluding hydrogens is 468 g/mol. The predicted octanol–water partition coefficient (Wildman–Crippen LogP) is 3.68. The lowest BCUT2D eigenvalue weighted by Gasteiger charge is -2.41. The average Bonchev–Trinajstić information content (AvgIpc) is 3.37. The summed E-state index contributed by atoms with van der Waals surface area (Å²) in [7, 11) is 1.55. The molecular formula is C26H33ClN4O4.